The molecule has 0 atom stereocenters. The number of thioether (sulfide) groups is 2. The van der Waals surface area contributed by atoms with Crippen LogP contribution in [0.15, 0.2) is 10.1 Å². The van der Waals surface area contributed by atoms with Crippen LogP contribution in [0.2, 0.25) is 0 Å². The fraction of sp³-hybridized carbons (Fsp3) is 0.571. The Morgan fingerprint density at radius 3 is 1.10 bits per heavy atom. The minimum Gasteiger partial charge on any atom is -0.326 e. The molecule has 0 aliphatic carbocycles. The van der Waals surface area contributed by atoms with E-state index >= 15 is 0 Å². The fourth-order valence-electron chi connectivity index (χ4n) is 2.08. The zero-order chi connectivity index (χ0) is 15.4. The van der Waals surface area contributed by atoms with E-state index in [1.54, 1.807) is 23.5 Å². The quantitative estimate of drug-likeness (QED) is 0.795. The van der Waals surface area contributed by atoms with E-state index in [0.29, 0.717) is 0 Å². The molecule has 0 N–H and O–H groups in total. The van der Waals surface area contributed by atoms with E-state index in [1.807, 2.05) is 41.8 Å². The number of imidazole rings is 2. The van der Waals surface area contributed by atoms with E-state index in [1.165, 1.54) is 10.1 Å². The second-order valence-electron chi connectivity index (χ2n) is 4.63. The first-order valence-electron chi connectivity index (χ1n) is 6.41. The van der Waals surface area contributed by atoms with E-state index in [0.717, 1.165) is 23.0 Å². The number of hydrogen-bond donors (Lipinski definition) is 0. The van der Waals surface area contributed by atoms with Crippen LogP contribution in [0.1, 0.15) is 23.0 Å². The maximum Gasteiger partial charge on any atom is 0.106 e. The molecule has 0 aromatic carbocycles. The van der Waals surface area contributed by atoms with Crippen LogP contribution in [0.5, 0.6) is 0 Å². The molecule has 112 valence electrons. The standard InChI is InChI=1S/2C7H12N2S/c2*1-5-7(10-4)9(3)6(2)8-5/h2*1-4H3. The van der Waals surface area contributed by atoms with Gasteiger partial charge >= 0.3 is 0 Å². The molecule has 0 unspecified atom stereocenters. The first-order chi connectivity index (χ1) is 9.33. The molecule has 6 heteroatoms. The Labute approximate surface area is 130 Å². The molecule has 2 aromatic rings. The maximum absolute atomic E-state index is 4.32. The smallest absolute Gasteiger partial charge is 0.106 e. The lowest BCUT2D eigenvalue weighted by molar-refractivity contribution is 0.783. The summed E-state index contributed by atoms with van der Waals surface area (Å²) < 4.78 is 4.22. The third-order valence-electron chi connectivity index (χ3n) is 3.24. The second-order valence-corrected chi connectivity index (χ2v) is 6.22. The molecule has 4 nitrogen and oxygen atoms in total. The molecule has 0 spiro atoms. The Bertz CT molecular complexity index is 532. The lowest BCUT2D eigenvalue weighted by atomic mass is 10.6. The van der Waals surface area contributed by atoms with Crippen molar-refractivity contribution >= 4 is 23.5 Å². The highest BCUT2D eigenvalue weighted by Gasteiger charge is 2.05. The van der Waals surface area contributed by atoms with Gasteiger partial charge in [0.05, 0.1) is 21.4 Å². The average Bonchev–Trinajstić information content (AvgIpc) is 2.77. The topological polar surface area (TPSA) is 35.6 Å². The van der Waals surface area contributed by atoms with Crippen molar-refractivity contribution in [3.8, 4) is 0 Å². The fourth-order valence-corrected chi connectivity index (χ4v) is 3.57. The molecular weight excluding hydrogens is 288 g/mol. The van der Waals surface area contributed by atoms with Crippen molar-refractivity contribution in [1.82, 2.24) is 19.1 Å². The van der Waals surface area contributed by atoms with Gasteiger partial charge in [0.25, 0.3) is 0 Å². The van der Waals surface area contributed by atoms with Crippen molar-refractivity contribution < 1.29 is 0 Å². The molecular formula is C14H24N4S2. The van der Waals surface area contributed by atoms with Gasteiger partial charge in [0.2, 0.25) is 0 Å². The molecule has 2 heterocycles. The van der Waals surface area contributed by atoms with Crippen molar-refractivity contribution in [3.63, 3.8) is 0 Å². The highest BCUT2D eigenvalue weighted by atomic mass is 32.2. The van der Waals surface area contributed by atoms with Gasteiger partial charge in [-0.3, -0.25) is 0 Å². The third kappa shape index (κ3) is 3.61. The van der Waals surface area contributed by atoms with Gasteiger partial charge in [-0.05, 0) is 40.2 Å². The number of aromatic nitrogens is 4. The van der Waals surface area contributed by atoms with Gasteiger partial charge in [0.15, 0.2) is 0 Å². The lowest BCUT2D eigenvalue weighted by Gasteiger charge is -1.98. The van der Waals surface area contributed by atoms with Gasteiger partial charge in [0.1, 0.15) is 11.6 Å². The Hall–Kier alpha value is -0.880. The summed E-state index contributed by atoms with van der Waals surface area (Å²) in [5.74, 6) is 2.17. The lowest BCUT2D eigenvalue weighted by Crippen LogP contribution is -1.92. The molecule has 0 saturated heterocycles. The summed E-state index contributed by atoms with van der Waals surface area (Å²) in [6, 6.07) is 0. The van der Waals surface area contributed by atoms with Crippen LogP contribution in [0, 0.1) is 27.7 Å². The van der Waals surface area contributed by atoms with E-state index in [-0.39, 0.29) is 0 Å². The highest BCUT2D eigenvalue weighted by Crippen LogP contribution is 2.19. The molecule has 0 radical (unpaired) electrons. The van der Waals surface area contributed by atoms with Crippen molar-refractivity contribution in [3.05, 3.63) is 23.0 Å². The van der Waals surface area contributed by atoms with Gasteiger partial charge in [-0.15, -0.1) is 23.5 Å². The Kier molecular flexibility index (Phi) is 6.20. The van der Waals surface area contributed by atoms with E-state index in [9.17, 15) is 0 Å². The summed E-state index contributed by atoms with van der Waals surface area (Å²) in [6.07, 6.45) is 4.15. The molecule has 0 saturated carbocycles. The van der Waals surface area contributed by atoms with E-state index < -0.39 is 0 Å². The molecule has 0 aliphatic rings. The highest BCUT2D eigenvalue weighted by molar-refractivity contribution is 7.98. The largest absolute Gasteiger partial charge is 0.326 e. The summed E-state index contributed by atoms with van der Waals surface area (Å²) in [4.78, 5) is 8.65. The summed E-state index contributed by atoms with van der Waals surface area (Å²) in [5, 5.41) is 2.52. The second kappa shape index (κ2) is 7.22. The van der Waals surface area contributed by atoms with Crippen LogP contribution in [0.4, 0.5) is 0 Å². The molecule has 0 aliphatic heterocycles. The zero-order valence-corrected chi connectivity index (χ0v) is 15.2. The first-order valence-corrected chi connectivity index (χ1v) is 8.86. The van der Waals surface area contributed by atoms with Gasteiger partial charge in [0, 0.05) is 14.1 Å². The van der Waals surface area contributed by atoms with Gasteiger partial charge in [-0.25, -0.2) is 9.97 Å². The van der Waals surface area contributed by atoms with Crippen molar-refractivity contribution in [2.24, 2.45) is 14.1 Å². The van der Waals surface area contributed by atoms with Gasteiger partial charge in [-0.2, -0.15) is 0 Å². The monoisotopic (exact) mass is 312 g/mol. The summed E-state index contributed by atoms with van der Waals surface area (Å²) in [5.41, 5.74) is 2.26. The van der Waals surface area contributed by atoms with Gasteiger partial charge < -0.3 is 9.13 Å². The van der Waals surface area contributed by atoms with E-state index in [2.05, 4.69) is 31.6 Å². The van der Waals surface area contributed by atoms with Crippen LogP contribution in [0.3, 0.4) is 0 Å². The molecule has 0 amide bonds. The number of aryl methyl sites for hydroxylation is 4. The summed E-state index contributed by atoms with van der Waals surface area (Å²) in [6.45, 7) is 8.12. The molecule has 0 bridgehead atoms. The molecule has 20 heavy (non-hydrogen) atoms. The number of hydrogen-bond acceptors (Lipinski definition) is 4. The SMILES string of the molecule is CSc1c(C)nc(C)n1C.CSc1c(C)nc(C)n1C. The van der Waals surface area contributed by atoms with Crippen molar-refractivity contribution in [1.29, 1.82) is 0 Å². The van der Waals surface area contributed by atoms with Gasteiger partial charge in [-0.1, -0.05) is 0 Å². The van der Waals surface area contributed by atoms with Crippen molar-refractivity contribution in [2.45, 2.75) is 37.7 Å². The van der Waals surface area contributed by atoms with E-state index in [4.69, 9.17) is 0 Å². The van der Waals surface area contributed by atoms with Crippen LogP contribution >= 0.6 is 23.5 Å². The molecule has 2 aromatic heterocycles. The normalized spacial score (nSPS) is 10.4. The minimum atomic E-state index is 1.09. The zero-order valence-electron chi connectivity index (χ0n) is 13.6. The summed E-state index contributed by atoms with van der Waals surface area (Å²) >= 11 is 3.49. The van der Waals surface area contributed by atoms with Crippen LogP contribution in [-0.2, 0) is 14.1 Å². The molecule has 2 rings (SSSR count). The van der Waals surface area contributed by atoms with Crippen LogP contribution in [0.25, 0.3) is 0 Å². The Morgan fingerprint density at radius 1 is 0.700 bits per heavy atom. The maximum atomic E-state index is 4.32. The Morgan fingerprint density at radius 2 is 1.00 bits per heavy atom. The average molecular weight is 313 g/mol. The number of rotatable bonds is 2. The number of nitrogens with zero attached hydrogens (tertiary/aromatic N) is 4. The first kappa shape index (κ1) is 17.2. The minimum absolute atomic E-state index is 1.09. The summed E-state index contributed by atoms with van der Waals surface area (Å²) in [7, 11) is 4.09. The predicted octanol–water partition coefficient (Wildman–Crippen LogP) is 3.52. The third-order valence-corrected chi connectivity index (χ3v) is 5.16. The Balaban J connectivity index is 0.000000200. The van der Waals surface area contributed by atoms with Crippen LogP contribution in [-0.4, -0.2) is 31.6 Å². The predicted molar refractivity (Wildman–Crippen MR) is 88.9 cm³/mol. The van der Waals surface area contributed by atoms with Crippen LogP contribution < -0.4 is 0 Å². The van der Waals surface area contributed by atoms with Crippen molar-refractivity contribution in [2.75, 3.05) is 12.5 Å². The molecule has 0 fully saturated rings.